The Morgan fingerprint density at radius 1 is 1.33 bits per heavy atom. The second-order valence-electron chi connectivity index (χ2n) is 2.38. The molecular weight excluding hydrogens is 183 g/mol. The summed E-state index contributed by atoms with van der Waals surface area (Å²) in [6.07, 6.45) is 0. The summed E-state index contributed by atoms with van der Waals surface area (Å²) < 4.78 is 14.9. The van der Waals surface area contributed by atoms with Crippen LogP contribution in [-0.2, 0) is 14.1 Å². The Kier molecular flexibility index (Phi) is 3.64. The fraction of sp³-hybridized carbons (Fsp3) is 0.500. The number of allylic oxidation sites excluding steroid dienone is 1. The summed E-state index contributed by atoms with van der Waals surface area (Å²) in [4.78, 5) is 28.2. The maximum absolute atomic E-state index is 10.8. The Hall–Kier alpha value is -0.640. The summed E-state index contributed by atoms with van der Waals surface area (Å²) in [7, 11) is -3.43. The van der Waals surface area contributed by atoms with Crippen LogP contribution in [0.2, 0.25) is 0 Å². The van der Waals surface area contributed by atoms with Crippen LogP contribution in [0.3, 0.4) is 0 Å². The average molecular weight is 194 g/mol. The number of esters is 1. The summed E-state index contributed by atoms with van der Waals surface area (Å²) >= 11 is 0. The van der Waals surface area contributed by atoms with E-state index in [2.05, 4.69) is 4.74 Å². The SMILES string of the molecule is COC(=O)C(=C(C)C)P(=O)(O)O. The molecule has 70 valence electrons. The van der Waals surface area contributed by atoms with Gasteiger partial charge in [-0.1, -0.05) is 5.57 Å². The van der Waals surface area contributed by atoms with Gasteiger partial charge in [-0.05, 0) is 13.8 Å². The zero-order valence-corrected chi connectivity index (χ0v) is 7.96. The number of carbonyl (C=O) groups excluding carboxylic acids is 1. The van der Waals surface area contributed by atoms with Crippen LogP contribution in [0.5, 0.6) is 0 Å². The van der Waals surface area contributed by atoms with E-state index in [1.807, 2.05) is 0 Å². The first-order valence-electron chi connectivity index (χ1n) is 3.12. The number of methoxy groups -OCH3 is 1. The molecule has 0 aromatic rings. The van der Waals surface area contributed by atoms with Crippen LogP contribution < -0.4 is 0 Å². The van der Waals surface area contributed by atoms with Crippen molar-refractivity contribution in [2.75, 3.05) is 7.11 Å². The Labute approximate surface area is 70.2 Å². The quantitative estimate of drug-likeness (QED) is 0.382. The first-order chi connectivity index (χ1) is 5.30. The molecule has 0 aliphatic rings. The van der Waals surface area contributed by atoms with Crippen molar-refractivity contribution in [3.63, 3.8) is 0 Å². The predicted octanol–water partition coefficient (Wildman–Crippen LogP) is 0.631. The van der Waals surface area contributed by atoms with Crippen LogP contribution in [0.25, 0.3) is 0 Å². The summed E-state index contributed by atoms with van der Waals surface area (Å²) in [5.74, 6) is -0.983. The molecule has 0 spiro atoms. The molecule has 0 amide bonds. The number of hydrogen-bond acceptors (Lipinski definition) is 3. The van der Waals surface area contributed by atoms with Crippen molar-refractivity contribution in [3.8, 4) is 0 Å². The molecule has 12 heavy (non-hydrogen) atoms. The van der Waals surface area contributed by atoms with E-state index >= 15 is 0 Å². The standard InChI is InChI=1S/C6H11O5P/c1-4(2)5(6(7)11-3)12(8,9)10/h1-3H3,(H2,8,9,10). The van der Waals surface area contributed by atoms with Crippen molar-refractivity contribution in [1.82, 2.24) is 0 Å². The van der Waals surface area contributed by atoms with Crippen LogP contribution in [0.15, 0.2) is 10.9 Å². The van der Waals surface area contributed by atoms with Gasteiger partial charge in [-0.15, -0.1) is 0 Å². The highest BCUT2D eigenvalue weighted by Gasteiger charge is 2.29. The van der Waals surface area contributed by atoms with Crippen molar-refractivity contribution in [3.05, 3.63) is 10.9 Å². The first-order valence-corrected chi connectivity index (χ1v) is 4.74. The van der Waals surface area contributed by atoms with E-state index in [4.69, 9.17) is 9.79 Å². The summed E-state index contributed by atoms with van der Waals surface area (Å²) in [5.41, 5.74) is 0.259. The van der Waals surface area contributed by atoms with E-state index < -0.39 is 18.9 Å². The highest BCUT2D eigenvalue weighted by molar-refractivity contribution is 7.58. The second-order valence-corrected chi connectivity index (χ2v) is 3.92. The molecule has 0 aliphatic heterocycles. The monoisotopic (exact) mass is 194 g/mol. The lowest BCUT2D eigenvalue weighted by Gasteiger charge is -2.08. The third-order valence-electron chi connectivity index (χ3n) is 1.14. The van der Waals surface area contributed by atoms with Crippen LogP contribution in [-0.4, -0.2) is 22.9 Å². The Bertz CT molecular complexity index is 257. The van der Waals surface area contributed by atoms with Gasteiger partial charge < -0.3 is 14.5 Å². The molecule has 0 heterocycles. The van der Waals surface area contributed by atoms with Gasteiger partial charge in [0.25, 0.3) is 0 Å². The summed E-state index contributed by atoms with van der Waals surface area (Å²) in [5, 5.41) is -0.565. The molecule has 0 saturated carbocycles. The molecule has 0 fully saturated rings. The zero-order chi connectivity index (χ0) is 9.94. The second kappa shape index (κ2) is 3.85. The van der Waals surface area contributed by atoms with E-state index in [0.717, 1.165) is 7.11 Å². The maximum atomic E-state index is 10.8. The van der Waals surface area contributed by atoms with Gasteiger partial charge in [-0.25, -0.2) is 4.79 Å². The smallest absolute Gasteiger partial charge is 0.363 e. The Morgan fingerprint density at radius 3 is 1.83 bits per heavy atom. The van der Waals surface area contributed by atoms with E-state index in [0.29, 0.717) is 0 Å². The lowest BCUT2D eigenvalue weighted by Crippen LogP contribution is -2.06. The third kappa shape index (κ3) is 2.77. The highest BCUT2D eigenvalue weighted by atomic mass is 31.2. The van der Waals surface area contributed by atoms with E-state index in [9.17, 15) is 9.36 Å². The van der Waals surface area contributed by atoms with Crippen molar-refractivity contribution in [1.29, 1.82) is 0 Å². The molecule has 5 nitrogen and oxygen atoms in total. The minimum absolute atomic E-state index is 0.259. The van der Waals surface area contributed by atoms with E-state index in [1.54, 1.807) is 0 Å². The molecule has 0 atom stereocenters. The average Bonchev–Trinajstić information content (AvgIpc) is 1.83. The topological polar surface area (TPSA) is 83.8 Å². The minimum Gasteiger partial charge on any atom is -0.465 e. The van der Waals surface area contributed by atoms with Gasteiger partial charge in [0.05, 0.1) is 7.11 Å². The summed E-state index contributed by atoms with van der Waals surface area (Å²) in [6, 6.07) is 0. The van der Waals surface area contributed by atoms with E-state index in [1.165, 1.54) is 13.8 Å². The fourth-order valence-electron chi connectivity index (χ4n) is 0.711. The lowest BCUT2D eigenvalue weighted by atomic mass is 10.3. The normalized spacial score (nSPS) is 10.8. The van der Waals surface area contributed by atoms with Crippen LogP contribution in [0.4, 0.5) is 0 Å². The van der Waals surface area contributed by atoms with Gasteiger partial charge in [-0.2, -0.15) is 0 Å². The number of rotatable bonds is 2. The number of ether oxygens (including phenoxy) is 1. The van der Waals surface area contributed by atoms with Gasteiger partial charge in [0.15, 0.2) is 0 Å². The van der Waals surface area contributed by atoms with Crippen LogP contribution >= 0.6 is 7.60 Å². The van der Waals surface area contributed by atoms with Crippen molar-refractivity contribution >= 4 is 13.6 Å². The van der Waals surface area contributed by atoms with Gasteiger partial charge >= 0.3 is 13.6 Å². The van der Waals surface area contributed by atoms with Crippen molar-refractivity contribution in [2.24, 2.45) is 0 Å². The maximum Gasteiger partial charge on any atom is 0.363 e. The molecule has 0 unspecified atom stereocenters. The Morgan fingerprint density at radius 2 is 1.75 bits per heavy atom. The molecule has 2 N–H and O–H groups in total. The molecule has 0 bridgehead atoms. The van der Waals surface area contributed by atoms with Gasteiger partial charge in [-0.3, -0.25) is 4.57 Å². The zero-order valence-electron chi connectivity index (χ0n) is 7.07. The highest BCUT2D eigenvalue weighted by Crippen LogP contribution is 2.46. The molecule has 0 aliphatic carbocycles. The lowest BCUT2D eigenvalue weighted by molar-refractivity contribution is -0.135. The number of hydrogen-bond donors (Lipinski definition) is 2. The van der Waals surface area contributed by atoms with Gasteiger partial charge in [0, 0.05) is 0 Å². The largest absolute Gasteiger partial charge is 0.465 e. The molecule has 6 heteroatoms. The fourth-order valence-corrected chi connectivity index (χ4v) is 1.62. The minimum atomic E-state index is -4.50. The summed E-state index contributed by atoms with van der Waals surface area (Å²) in [6.45, 7) is 2.87. The molecule has 0 aromatic heterocycles. The Balaban J connectivity index is 5.12. The van der Waals surface area contributed by atoms with E-state index in [-0.39, 0.29) is 5.57 Å². The van der Waals surface area contributed by atoms with Crippen molar-refractivity contribution in [2.45, 2.75) is 13.8 Å². The van der Waals surface area contributed by atoms with Gasteiger partial charge in [0.2, 0.25) is 0 Å². The van der Waals surface area contributed by atoms with Crippen LogP contribution in [0.1, 0.15) is 13.8 Å². The molecule has 0 rings (SSSR count). The predicted molar refractivity (Wildman–Crippen MR) is 42.4 cm³/mol. The third-order valence-corrected chi connectivity index (χ3v) is 2.36. The van der Waals surface area contributed by atoms with Crippen LogP contribution in [0, 0.1) is 0 Å². The molecule has 0 aromatic carbocycles. The number of carbonyl (C=O) groups is 1. The molecule has 0 radical (unpaired) electrons. The molecule has 0 saturated heterocycles. The molecular formula is C6H11O5P. The van der Waals surface area contributed by atoms with Crippen molar-refractivity contribution < 1.29 is 23.9 Å². The van der Waals surface area contributed by atoms with Gasteiger partial charge in [0.1, 0.15) is 5.31 Å². The first kappa shape index (κ1) is 11.4.